The number of rotatable bonds is 0. The fraction of sp³-hybridized carbons (Fsp3) is 0.455. The Bertz CT molecular complexity index is 542. The van der Waals surface area contributed by atoms with Gasteiger partial charge in [-0.1, -0.05) is 13.8 Å². The highest BCUT2D eigenvalue weighted by molar-refractivity contribution is 9.10. The summed E-state index contributed by atoms with van der Waals surface area (Å²) in [7, 11) is 0. The highest BCUT2D eigenvalue weighted by Gasteiger charge is 2.32. The zero-order valence-electron chi connectivity index (χ0n) is 8.79. The maximum Gasteiger partial charge on any atom is 0.160 e. The number of aryl methyl sites for hydroxylation is 1. The Morgan fingerprint density at radius 1 is 1.47 bits per heavy atom. The van der Waals surface area contributed by atoms with E-state index in [1.54, 1.807) is 6.20 Å². The molecule has 2 aromatic rings. The van der Waals surface area contributed by atoms with Gasteiger partial charge < -0.3 is 4.57 Å². The lowest BCUT2D eigenvalue weighted by atomic mass is 9.89. The van der Waals surface area contributed by atoms with Crippen LogP contribution in [0.5, 0.6) is 0 Å². The Balaban J connectivity index is 2.36. The standard InChI is InChI=1S/C11H12BrN3/c1-11(2)3-4-15-8(11)5-7-10(15)14-9(12)6-13-7/h5-6H,3-4H2,1-2H3. The van der Waals surface area contributed by atoms with Gasteiger partial charge in [-0.25, -0.2) is 4.98 Å². The number of nitrogens with zero attached hydrogens (tertiary/aromatic N) is 3. The van der Waals surface area contributed by atoms with Gasteiger partial charge in [-0.2, -0.15) is 0 Å². The number of halogens is 1. The largest absolute Gasteiger partial charge is 0.328 e. The zero-order valence-corrected chi connectivity index (χ0v) is 10.4. The maximum atomic E-state index is 4.49. The summed E-state index contributed by atoms with van der Waals surface area (Å²) in [5, 5.41) is 0. The van der Waals surface area contributed by atoms with Crippen LogP contribution < -0.4 is 0 Å². The molecule has 4 heteroatoms. The summed E-state index contributed by atoms with van der Waals surface area (Å²) >= 11 is 3.37. The van der Waals surface area contributed by atoms with Crippen LogP contribution in [0.3, 0.4) is 0 Å². The van der Waals surface area contributed by atoms with E-state index in [-0.39, 0.29) is 5.41 Å². The predicted molar refractivity (Wildman–Crippen MR) is 62.9 cm³/mol. The minimum absolute atomic E-state index is 0.259. The van der Waals surface area contributed by atoms with E-state index in [9.17, 15) is 0 Å². The Hall–Kier alpha value is -0.900. The quantitative estimate of drug-likeness (QED) is 0.734. The molecule has 0 unspecified atom stereocenters. The lowest BCUT2D eigenvalue weighted by molar-refractivity contribution is 0.521. The predicted octanol–water partition coefficient (Wildman–Crippen LogP) is 2.88. The molecule has 0 atom stereocenters. The summed E-state index contributed by atoms with van der Waals surface area (Å²) in [5.74, 6) is 0. The van der Waals surface area contributed by atoms with E-state index < -0.39 is 0 Å². The summed E-state index contributed by atoms with van der Waals surface area (Å²) in [6.45, 7) is 5.61. The van der Waals surface area contributed by atoms with Gasteiger partial charge in [0.15, 0.2) is 5.65 Å². The SMILES string of the molecule is CC1(C)CCn2c1cc1ncc(Br)nc12. The molecule has 3 rings (SSSR count). The van der Waals surface area contributed by atoms with Crippen LogP contribution in [-0.4, -0.2) is 14.5 Å². The topological polar surface area (TPSA) is 30.7 Å². The fourth-order valence-corrected chi connectivity index (χ4v) is 2.57. The second-order valence-electron chi connectivity index (χ2n) is 4.72. The molecule has 0 spiro atoms. The van der Waals surface area contributed by atoms with Crippen LogP contribution in [0.4, 0.5) is 0 Å². The van der Waals surface area contributed by atoms with E-state index in [0.717, 1.165) is 22.3 Å². The Morgan fingerprint density at radius 2 is 2.27 bits per heavy atom. The molecule has 2 aromatic heterocycles. The molecule has 0 aliphatic carbocycles. The van der Waals surface area contributed by atoms with Crippen molar-refractivity contribution in [3.63, 3.8) is 0 Å². The summed E-state index contributed by atoms with van der Waals surface area (Å²) in [6, 6.07) is 2.17. The van der Waals surface area contributed by atoms with Gasteiger partial charge in [0.05, 0.1) is 6.20 Å². The van der Waals surface area contributed by atoms with E-state index in [1.165, 1.54) is 12.1 Å². The first-order chi connectivity index (χ1) is 7.08. The third-order valence-corrected chi connectivity index (χ3v) is 3.61. The van der Waals surface area contributed by atoms with E-state index in [0.29, 0.717) is 0 Å². The van der Waals surface area contributed by atoms with E-state index in [2.05, 4.69) is 50.4 Å². The monoisotopic (exact) mass is 265 g/mol. The van der Waals surface area contributed by atoms with Crippen LogP contribution in [0, 0.1) is 0 Å². The third-order valence-electron chi connectivity index (χ3n) is 3.23. The molecule has 0 aromatic carbocycles. The molecule has 1 aliphatic heterocycles. The molecule has 0 fully saturated rings. The second kappa shape index (κ2) is 2.82. The van der Waals surface area contributed by atoms with E-state index >= 15 is 0 Å². The molecular weight excluding hydrogens is 254 g/mol. The van der Waals surface area contributed by atoms with Crippen molar-refractivity contribution in [2.45, 2.75) is 32.2 Å². The molecule has 0 saturated heterocycles. The van der Waals surface area contributed by atoms with Crippen molar-refractivity contribution in [3.05, 3.63) is 22.6 Å². The van der Waals surface area contributed by atoms with Crippen molar-refractivity contribution < 1.29 is 0 Å². The molecule has 0 bridgehead atoms. The van der Waals surface area contributed by atoms with Crippen molar-refractivity contribution in [1.29, 1.82) is 0 Å². The van der Waals surface area contributed by atoms with Crippen molar-refractivity contribution in [3.8, 4) is 0 Å². The lowest BCUT2D eigenvalue weighted by Crippen LogP contribution is -2.11. The zero-order chi connectivity index (χ0) is 10.6. The van der Waals surface area contributed by atoms with Crippen LogP contribution in [0.2, 0.25) is 0 Å². The molecule has 3 nitrogen and oxygen atoms in total. The van der Waals surface area contributed by atoms with Crippen molar-refractivity contribution in [2.75, 3.05) is 0 Å². The number of fused-ring (bicyclic) bond motifs is 3. The molecule has 0 amide bonds. The first kappa shape index (κ1) is 9.33. The molecule has 15 heavy (non-hydrogen) atoms. The Labute approximate surface area is 96.7 Å². The average molecular weight is 266 g/mol. The maximum absolute atomic E-state index is 4.49. The summed E-state index contributed by atoms with van der Waals surface area (Å²) in [4.78, 5) is 8.87. The normalized spacial score (nSPS) is 18.3. The minimum Gasteiger partial charge on any atom is -0.328 e. The second-order valence-corrected chi connectivity index (χ2v) is 5.53. The van der Waals surface area contributed by atoms with E-state index in [1.807, 2.05) is 0 Å². The smallest absolute Gasteiger partial charge is 0.160 e. The lowest BCUT2D eigenvalue weighted by Gasteiger charge is -2.15. The fourth-order valence-electron chi connectivity index (χ4n) is 2.30. The number of hydrogen-bond acceptors (Lipinski definition) is 2. The minimum atomic E-state index is 0.259. The average Bonchev–Trinajstić information content (AvgIpc) is 2.66. The summed E-state index contributed by atoms with van der Waals surface area (Å²) < 4.78 is 3.09. The number of aromatic nitrogens is 3. The molecule has 0 saturated carbocycles. The van der Waals surface area contributed by atoms with Gasteiger partial charge in [0.2, 0.25) is 0 Å². The van der Waals surface area contributed by atoms with Crippen LogP contribution >= 0.6 is 15.9 Å². The van der Waals surface area contributed by atoms with Crippen LogP contribution in [-0.2, 0) is 12.0 Å². The van der Waals surface area contributed by atoms with Gasteiger partial charge in [-0.05, 0) is 28.4 Å². The van der Waals surface area contributed by atoms with Crippen molar-refractivity contribution in [2.24, 2.45) is 0 Å². The van der Waals surface area contributed by atoms with E-state index in [4.69, 9.17) is 0 Å². The Kier molecular flexibility index (Phi) is 1.75. The molecule has 0 radical (unpaired) electrons. The van der Waals surface area contributed by atoms with Crippen molar-refractivity contribution in [1.82, 2.24) is 14.5 Å². The van der Waals surface area contributed by atoms with Gasteiger partial charge in [0, 0.05) is 17.7 Å². The van der Waals surface area contributed by atoms with Crippen LogP contribution in [0.1, 0.15) is 26.0 Å². The first-order valence-corrected chi connectivity index (χ1v) is 5.89. The van der Waals surface area contributed by atoms with Gasteiger partial charge >= 0.3 is 0 Å². The molecule has 1 aliphatic rings. The van der Waals surface area contributed by atoms with Crippen LogP contribution in [0.15, 0.2) is 16.9 Å². The highest BCUT2D eigenvalue weighted by Crippen LogP contribution is 2.37. The first-order valence-electron chi connectivity index (χ1n) is 5.10. The van der Waals surface area contributed by atoms with Crippen molar-refractivity contribution >= 4 is 27.1 Å². The third kappa shape index (κ3) is 1.24. The van der Waals surface area contributed by atoms with Gasteiger partial charge in [-0.15, -0.1) is 0 Å². The summed E-state index contributed by atoms with van der Waals surface area (Å²) in [5.41, 5.74) is 3.62. The number of hydrogen-bond donors (Lipinski definition) is 0. The highest BCUT2D eigenvalue weighted by atomic mass is 79.9. The molecule has 0 N–H and O–H groups in total. The summed E-state index contributed by atoms with van der Waals surface area (Å²) in [6.07, 6.45) is 2.94. The van der Waals surface area contributed by atoms with Crippen LogP contribution in [0.25, 0.3) is 11.2 Å². The van der Waals surface area contributed by atoms with Gasteiger partial charge in [0.1, 0.15) is 10.1 Å². The Morgan fingerprint density at radius 3 is 3.07 bits per heavy atom. The molecular formula is C11H12BrN3. The van der Waals surface area contributed by atoms with Gasteiger partial charge in [0.25, 0.3) is 0 Å². The molecule has 3 heterocycles. The van der Waals surface area contributed by atoms with Gasteiger partial charge in [-0.3, -0.25) is 4.98 Å². The molecule has 78 valence electrons.